The number of hydrogen-bond acceptors (Lipinski definition) is 8. The van der Waals surface area contributed by atoms with Crippen molar-refractivity contribution in [1.82, 2.24) is 0 Å². The van der Waals surface area contributed by atoms with Crippen LogP contribution < -0.4 is 5.73 Å². The molecular formula is C47H82NO8P. The molecule has 1 unspecified atom stereocenters. The van der Waals surface area contributed by atoms with Crippen LogP contribution in [0.15, 0.2) is 72.9 Å². The first-order chi connectivity index (χ1) is 27.8. The molecule has 0 aromatic rings. The lowest BCUT2D eigenvalue weighted by Gasteiger charge is -2.19. The Balaban J connectivity index is 4.23. The summed E-state index contributed by atoms with van der Waals surface area (Å²) < 4.78 is 32.7. The van der Waals surface area contributed by atoms with Crippen LogP contribution >= 0.6 is 7.82 Å². The summed E-state index contributed by atoms with van der Waals surface area (Å²) in [6.45, 7) is 3.54. The number of unbranched alkanes of at least 4 members (excludes halogenated alkanes) is 16. The lowest BCUT2D eigenvalue weighted by Crippen LogP contribution is -2.29. The molecule has 0 aromatic carbocycles. The highest BCUT2D eigenvalue weighted by Gasteiger charge is 2.25. The Kier molecular flexibility index (Phi) is 41.1. The second kappa shape index (κ2) is 43.0. The van der Waals surface area contributed by atoms with E-state index < -0.39 is 32.5 Å². The predicted molar refractivity (Wildman–Crippen MR) is 238 cm³/mol. The lowest BCUT2D eigenvalue weighted by molar-refractivity contribution is -0.161. The van der Waals surface area contributed by atoms with Gasteiger partial charge in [-0.15, -0.1) is 0 Å². The van der Waals surface area contributed by atoms with Crippen LogP contribution in [0.2, 0.25) is 0 Å². The third-order valence-corrected chi connectivity index (χ3v) is 10.1. The minimum absolute atomic E-state index is 0.0406. The molecule has 0 radical (unpaired) electrons. The van der Waals surface area contributed by atoms with Gasteiger partial charge < -0.3 is 20.1 Å². The normalized spacial score (nSPS) is 14.0. The van der Waals surface area contributed by atoms with Gasteiger partial charge in [0.15, 0.2) is 6.10 Å². The number of phosphoric ester groups is 1. The maximum absolute atomic E-state index is 12.6. The Morgan fingerprint density at radius 1 is 0.544 bits per heavy atom. The molecule has 0 fully saturated rings. The van der Waals surface area contributed by atoms with Crippen molar-refractivity contribution in [1.29, 1.82) is 0 Å². The smallest absolute Gasteiger partial charge is 0.462 e. The molecule has 0 bridgehead atoms. The van der Waals surface area contributed by atoms with Gasteiger partial charge in [0.05, 0.1) is 13.2 Å². The summed E-state index contributed by atoms with van der Waals surface area (Å²) in [5.41, 5.74) is 5.35. The largest absolute Gasteiger partial charge is 0.472 e. The second-order valence-electron chi connectivity index (χ2n) is 14.5. The van der Waals surface area contributed by atoms with Crippen LogP contribution in [0.25, 0.3) is 0 Å². The third-order valence-electron chi connectivity index (χ3n) is 9.08. The van der Waals surface area contributed by atoms with E-state index in [1.807, 2.05) is 6.08 Å². The molecule has 0 saturated carbocycles. The molecule has 9 nitrogen and oxygen atoms in total. The highest BCUT2D eigenvalue weighted by Crippen LogP contribution is 2.43. The molecule has 0 aliphatic carbocycles. The van der Waals surface area contributed by atoms with E-state index in [0.717, 1.165) is 64.2 Å². The van der Waals surface area contributed by atoms with Crippen molar-refractivity contribution in [3.05, 3.63) is 72.9 Å². The van der Waals surface area contributed by atoms with Gasteiger partial charge in [0.1, 0.15) is 6.61 Å². The maximum Gasteiger partial charge on any atom is 0.472 e. The van der Waals surface area contributed by atoms with Gasteiger partial charge in [-0.25, -0.2) is 4.57 Å². The van der Waals surface area contributed by atoms with Crippen molar-refractivity contribution >= 4 is 19.8 Å². The molecule has 0 aliphatic rings. The van der Waals surface area contributed by atoms with Crippen LogP contribution in [0, 0.1) is 0 Å². The van der Waals surface area contributed by atoms with Crippen molar-refractivity contribution in [2.75, 3.05) is 26.4 Å². The van der Waals surface area contributed by atoms with Crippen molar-refractivity contribution in [2.24, 2.45) is 5.73 Å². The maximum atomic E-state index is 12.6. The average molecular weight is 820 g/mol. The third kappa shape index (κ3) is 42.9. The Morgan fingerprint density at radius 3 is 1.51 bits per heavy atom. The van der Waals surface area contributed by atoms with Gasteiger partial charge in [0.2, 0.25) is 0 Å². The zero-order valence-electron chi connectivity index (χ0n) is 36.0. The van der Waals surface area contributed by atoms with E-state index in [0.29, 0.717) is 12.8 Å². The Hall–Kier alpha value is -2.55. The molecule has 0 aliphatic heterocycles. The van der Waals surface area contributed by atoms with Crippen LogP contribution in [-0.2, 0) is 32.7 Å². The number of carbonyl (C=O) groups excluding carboxylic acids is 2. The zero-order chi connectivity index (χ0) is 41.8. The summed E-state index contributed by atoms with van der Waals surface area (Å²) in [7, 11) is -4.40. The Labute approximate surface area is 348 Å². The van der Waals surface area contributed by atoms with Crippen LogP contribution in [-0.4, -0.2) is 49.3 Å². The summed E-state index contributed by atoms with van der Waals surface area (Å²) in [6.07, 6.45) is 52.3. The summed E-state index contributed by atoms with van der Waals surface area (Å²) in [6, 6.07) is 0. The first-order valence-electron chi connectivity index (χ1n) is 22.4. The Bertz CT molecular complexity index is 1160. The number of hydrogen-bond donors (Lipinski definition) is 2. The van der Waals surface area contributed by atoms with Gasteiger partial charge in [0, 0.05) is 19.4 Å². The van der Waals surface area contributed by atoms with Crippen molar-refractivity contribution < 1.29 is 37.6 Å². The van der Waals surface area contributed by atoms with Crippen LogP contribution in [0.3, 0.4) is 0 Å². The highest BCUT2D eigenvalue weighted by molar-refractivity contribution is 7.47. The molecule has 0 aromatic heterocycles. The lowest BCUT2D eigenvalue weighted by atomic mass is 10.1. The molecule has 0 amide bonds. The molecule has 0 spiro atoms. The van der Waals surface area contributed by atoms with E-state index in [9.17, 15) is 19.0 Å². The topological polar surface area (TPSA) is 134 Å². The molecule has 10 heteroatoms. The number of nitrogens with two attached hydrogens (primary N) is 1. The summed E-state index contributed by atoms with van der Waals surface area (Å²) in [5.74, 6) is -0.905. The first-order valence-corrected chi connectivity index (χ1v) is 23.9. The van der Waals surface area contributed by atoms with Crippen molar-refractivity contribution in [3.8, 4) is 0 Å². The standard InChI is InChI=1S/C47H82NO8P/c1-3-5-7-9-11-13-15-17-19-21-22-24-25-27-29-31-33-35-37-39-46(49)53-43-45(44-55-57(51,52)54-42-41-48)56-47(50)40-38-36-34-32-30-28-26-23-20-18-16-14-12-10-8-6-4-2/h6,8,12,14,18,20-22,26,28,32,34,45H,3-5,7,9-11,13,15-17,19,23-25,27,29-31,33,35-44,48H2,1-2H3,(H,51,52)/b8-6-,14-12-,20-18-,22-21-,28-26-,34-32-/t45-/m1/s1. The molecule has 328 valence electrons. The number of phosphoric acid groups is 1. The first kappa shape index (κ1) is 54.5. The van der Waals surface area contributed by atoms with E-state index in [2.05, 4.69) is 80.7 Å². The monoisotopic (exact) mass is 820 g/mol. The van der Waals surface area contributed by atoms with E-state index in [-0.39, 0.29) is 32.6 Å². The van der Waals surface area contributed by atoms with Gasteiger partial charge in [-0.05, 0) is 77.0 Å². The minimum atomic E-state index is -4.40. The fourth-order valence-electron chi connectivity index (χ4n) is 5.78. The van der Waals surface area contributed by atoms with Crippen molar-refractivity contribution in [3.63, 3.8) is 0 Å². The van der Waals surface area contributed by atoms with Crippen LogP contribution in [0.5, 0.6) is 0 Å². The van der Waals surface area contributed by atoms with Gasteiger partial charge in [-0.2, -0.15) is 0 Å². The molecule has 0 rings (SSSR count). The van der Waals surface area contributed by atoms with E-state index in [4.69, 9.17) is 24.3 Å². The predicted octanol–water partition coefficient (Wildman–Crippen LogP) is 13.1. The van der Waals surface area contributed by atoms with Gasteiger partial charge in [0.25, 0.3) is 0 Å². The highest BCUT2D eigenvalue weighted by atomic mass is 31.2. The zero-order valence-corrected chi connectivity index (χ0v) is 36.9. The number of allylic oxidation sites excluding steroid dienone is 12. The summed E-state index contributed by atoms with van der Waals surface area (Å²) >= 11 is 0. The van der Waals surface area contributed by atoms with Crippen LogP contribution in [0.4, 0.5) is 0 Å². The summed E-state index contributed by atoms with van der Waals surface area (Å²) in [4.78, 5) is 34.9. The molecule has 0 heterocycles. The average Bonchev–Trinajstić information content (AvgIpc) is 3.20. The molecular weight excluding hydrogens is 737 g/mol. The SMILES string of the molecule is CC/C=C\C/C=C\C/C=C\C/C=C\C/C=C\CCCC(=O)O[C@H](COC(=O)CCCCCCCCC/C=C\CCCCCCCCCC)COP(=O)(O)OCCN. The molecule has 2 atom stereocenters. The van der Waals surface area contributed by atoms with E-state index in [1.165, 1.54) is 77.0 Å². The number of esters is 2. The number of ether oxygens (including phenoxy) is 2. The van der Waals surface area contributed by atoms with Crippen molar-refractivity contribution in [2.45, 2.75) is 187 Å². The van der Waals surface area contributed by atoms with Crippen LogP contribution in [0.1, 0.15) is 181 Å². The van der Waals surface area contributed by atoms with Gasteiger partial charge >= 0.3 is 19.8 Å². The molecule has 57 heavy (non-hydrogen) atoms. The van der Waals surface area contributed by atoms with E-state index in [1.54, 1.807) is 0 Å². The minimum Gasteiger partial charge on any atom is -0.462 e. The van der Waals surface area contributed by atoms with E-state index >= 15 is 0 Å². The number of carbonyl (C=O) groups is 2. The fourth-order valence-corrected chi connectivity index (χ4v) is 6.55. The second-order valence-corrected chi connectivity index (χ2v) is 16.0. The summed E-state index contributed by atoms with van der Waals surface area (Å²) in [5, 5.41) is 0. The quantitative estimate of drug-likeness (QED) is 0.0267. The fraction of sp³-hybridized carbons (Fsp3) is 0.702. The Morgan fingerprint density at radius 2 is 0.982 bits per heavy atom. The van der Waals surface area contributed by atoms with Gasteiger partial charge in [-0.3, -0.25) is 18.6 Å². The van der Waals surface area contributed by atoms with Gasteiger partial charge in [-0.1, -0.05) is 164 Å². The molecule has 0 saturated heterocycles. The number of rotatable bonds is 41. The molecule has 3 N–H and O–H groups in total.